The summed E-state index contributed by atoms with van der Waals surface area (Å²) in [5, 5.41) is 2.94. The fraction of sp³-hybridized carbons (Fsp3) is 0.292. The number of aryl methyl sites for hydroxylation is 1. The number of benzene rings is 2. The van der Waals surface area contributed by atoms with Gasteiger partial charge in [0.25, 0.3) is 5.91 Å². The van der Waals surface area contributed by atoms with Gasteiger partial charge in [0, 0.05) is 26.3 Å². The van der Waals surface area contributed by atoms with Crippen LogP contribution in [0.15, 0.2) is 71.8 Å². The Hall–Kier alpha value is -3.24. The third-order valence-electron chi connectivity index (χ3n) is 5.76. The number of alkyl halides is 2. The molecule has 10 heteroatoms. The number of nitrogens with zero attached hydrogens (tertiary/aromatic N) is 2. The summed E-state index contributed by atoms with van der Waals surface area (Å²) in [7, 11) is -2.05. The zero-order valence-electron chi connectivity index (χ0n) is 18.5. The minimum Gasteiger partial charge on any atom is -0.435 e. The molecule has 0 radical (unpaired) electrons. The van der Waals surface area contributed by atoms with Gasteiger partial charge in [-0.1, -0.05) is 42.5 Å². The number of hydrogen-bond acceptors (Lipinski definition) is 4. The maximum absolute atomic E-state index is 13.2. The lowest BCUT2D eigenvalue weighted by molar-refractivity contribution is -0.0498. The van der Waals surface area contributed by atoms with E-state index in [1.807, 2.05) is 30.3 Å². The quantitative estimate of drug-likeness (QED) is 0.520. The predicted octanol–water partition coefficient (Wildman–Crippen LogP) is 3.93. The third kappa shape index (κ3) is 5.13. The van der Waals surface area contributed by atoms with E-state index in [2.05, 4.69) is 10.1 Å². The number of ether oxygens (including phenoxy) is 1. The highest BCUT2D eigenvalue weighted by molar-refractivity contribution is 7.89. The van der Waals surface area contributed by atoms with E-state index < -0.39 is 28.6 Å². The molecular weight excluding hydrogens is 464 g/mol. The molecule has 3 aromatic rings. The summed E-state index contributed by atoms with van der Waals surface area (Å²) in [4.78, 5) is 13.3. The van der Waals surface area contributed by atoms with Crippen LogP contribution in [0.25, 0.3) is 0 Å². The molecule has 2 heterocycles. The molecule has 2 aromatic carbocycles. The number of nitrogens with one attached hydrogen (secondary N) is 1. The van der Waals surface area contributed by atoms with Crippen LogP contribution in [0.4, 0.5) is 8.78 Å². The van der Waals surface area contributed by atoms with Gasteiger partial charge >= 0.3 is 6.61 Å². The van der Waals surface area contributed by atoms with Gasteiger partial charge in [-0.15, -0.1) is 0 Å². The van der Waals surface area contributed by atoms with Crippen LogP contribution < -0.4 is 10.1 Å². The number of halogens is 2. The summed E-state index contributed by atoms with van der Waals surface area (Å²) < 4.78 is 58.2. The third-order valence-corrected chi connectivity index (χ3v) is 7.63. The molecule has 34 heavy (non-hydrogen) atoms. The highest BCUT2D eigenvalue weighted by Crippen LogP contribution is 2.27. The molecule has 0 spiro atoms. The number of amides is 1. The normalized spacial score (nSPS) is 15.4. The predicted molar refractivity (Wildman–Crippen MR) is 122 cm³/mol. The molecule has 1 unspecified atom stereocenters. The van der Waals surface area contributed by atoms with Crippen LogP contribution in [0.2, 0.25) is 0 Å². The summed E-state index contributed by atoms with van der Waals surface area (Å²) in [6.07, 6.45) is 3.08. The van der Waals surface area contributed by atoms with Crippen molar-refractivity contribution in [3.8, 4) is 5.75 Å². The molecule has 0 saturated carbocycles. The molecule has 1 saturated heterocycles. The number of sulfonamides is 1. The van der Waals surface area contributed by atoms with Gasteiger partial charge < -0.3 is 14.6 Å². The fourth-order valence-electron chi connectivity index (χ4n) is 4.03. The Bertz CT molecular complexity index is 1240. The van der Waals surface area contributed by atoms with Crippen LogP contribution in [0.1, 0.15) is 40.5 Å². The molecule has 0 aliphatic carbocycles. The topological polar surface area (TPSA) is 80.6 Å². The summed E-state index contributed by atoms with van der Waals surface area (Å²) in [5.74, 6) is -0.455. The lowest BCUT2D eigenvalue weighted by Crippen LogP contribution is -2.30. The first-order valence-corrected chi connectivity index (χ1v) is 12.3. The van der Waals surface area contributed by atoms with Crippen molar-refractivity contribution in [3.63, 3.8) is 0 Å². The minimum atomic E-state index is -3.66. The number of hydrogen-bond donors (Lipinski definition) is 1. The van der Waals surface area contributed by atoms with Crippen LogP contribution in [-0.2, 0) is 17.1 Å². The van der Waals surface area contributed by atoms with Crippen LogP contribution in [-0.4, -0.2) is 42.9 Å². The maximum atomic E-state index is 13.2. The monoisotopic (exact) mass is 489 g/mol. The van der Waals surface area contributed by atoms with Gasteiger partial charge in [-0.25, -0.2) is 8.42 Å². The molecule has 1 N–H and O–H groups in total. The van der Waals surface area contributed by atoms with Crippen molar-refractivity contribution in [2.75, 3.05) is 13.1 Å². The number of rotatable bonds is 8. The Morgan fingerprint density at radius 2 is 1.62 bits per heavy atom. The Labute approximate surface area is 197 Å². The van der Waals surface area contributed by atoms with Gasteiger partial charge in [-0.2, -0.15) is 13.1 Å². The molecule has 1 fully saturated rings. The van der Waals surface area contributed by atoms with Crippen molar-refractivity contribution >= 4 is 15.9 Å². The number of aromatic nitrogens is 1. The highest BCUT2D eigenvalue weighted by atomic mass is 32.2. The molecular formula is C24H25F2N3O4S. The average Bonchev–Trinajstić information content (AvgIpc) is 3.49. The molecule has 1 aromatic heterocycles. The number of carbonyl (C=O) groups is 1. The van der Waals surface area contributed by atoms with Gasteiger partial charge in [-0.05, 0) is 42.2 Å². The fourth-order valence-corrected chi connectivity index (χ4v) is 5.62. The first kappa shape index (κ1) is 23.9. The molecule has 7 nitrogen and oxygen atoms in total. The van der Waals surface area contributed by atoms with E-state index in [0.29, 0.717) is 18.7 Å². The van der Waals surface area contributed by atoms with Crippen LogP contribution >= 0.6 is 0 Å². The first-order valence-electron chi connectivity index (χ1n) is 10.8. The van der Waals surface area contributed by atoms with Crippen LogP contribution in [0.3, 0.4) is 0 Å². The molecule has 1 atom stereocenters. The second kappa shape index (κ2) is 9.94. The van der Waals surface area contributed by atoms with E-state index >= 15 is 0 Å². The zero-order chi connectivity index (χ0) is 24.3. The van der Waals surface area contributed by atoms with Gasteiger partial charge in [0.05, 0.1) is 6.04 Å². The van der Waals surface area contributed by atoms with Gasteiger partial charge in [-0.3, -0.25) is 4.79 Å². The standard InChI is InChI=1S/C24H25F2N3O4S/c1-28-16-20(34(31,32)29-13-5-6-14-29)15-21(28)23(30)27-22(17-7-3-2-4-8-17)18-9-11-19(12-10-18)33-24(25)26/h2-4,7-12,15-16,22,24H,5-6,13-14H2,1H3,(H,27,30). The summed E-state index contributed by atoms with van der Waals surface area (Å²) in [6, 6.07) is 16.0. The average molecular weight is 490 g/mol. The second-order valence-corrected chi connectivity index (χ2v) is 9.99. The molecule has 1 amide bonds. The van der Waals surface area contributed by atoms with E-state index in [-0.39, 0.29) is 16.3 Å². The summed E-state index contributed by atoms with van der Waals surface area (Å²) >= 11 is 0. The SMILES string of the molecule is Cn1cc(S(=O)(=O)N2CCCC2)cc1C(=O)NC(c1ccccc1)c1ccc(OC(F)F)cc1. The van der Waals surface area contributed by atoms with E-state index in [0.717, 1.165) is 18.4 Å². The van der Waals surface area contributed by atoms with E-state index in [9.17, 15) is 22.0 Å². The molecule has 1 aliphatic rings. The molecule has 0 bridgehead atoms. The summed E-state index contributed by atoms with van der Waals surface area (Å²) in [5.41, 5.74) is 1.62. The largest absolute Gasteiger partial charge is 0.435 e. The lowest BCUT2D eigenvalue weighted by Gasteiger charge is -2.20. The Morgan fingerprint density at radius 1 is 1.00 bits per heavy atom. The van der Waals surface area contributed by atoms with Crippen molar-refractivity contribution in [1.29, 1.82) is 0 Å². The lowest BCUT2D eigenvalue weighted by atomic mass is 9.98. The Kier molecular flexibility index (Phi) is 6.99. The van der Waals surface area contributed by atoms with Crippen molar-refractivity contribution in [2.24, 2.45) is 7.05 Å². The van der Waals surface area contributed by atoms with Gasteiger partial charge in [0.15, 0.2) is 0 Å². The van der Waals surface area contributed by atoms with Crippen molar-refractivity contribution in [1.82, 2.24) is 14.2 Å². The van der Waals surface area contributed by atoms with Crippen molar-refractivity contribution < 1.29 is 26.7 Å². The Morgan fingerprint density at radius 3 is 2.24 bits per heavy atom. The van der Waals surface area contributed by atoms with Gasteiger partial charge in [0.2, 0.25) is 10.0 Å². The van der Waals surface area contributed by atoms with Crippen LogP contribution in [0.5, 0.6) is 5.75 Å². The first-order chi connectivity index (χ1) is 16.3. The smallest absolute Gasteiger partial charge is 0.387 e. The van der Waals surface area contributed by atoms with Crippen molar-refractivity contribution in [3.05, 3.63) is 83.7 Å². The molecule has 4 rings (SSSR count). The highest BCUT2D eigenvalue weighted by Gasteiger charge is 2.30. The van der Waals surface area contributed by atoms with E-state index in [1.165, 1.54) is 33.3 Å². The van der Waals surface area contributed by atoms with E-state index in [4.69, 9.17) is 0 Å². The second-order valence-electron chi connectivity index (χ2n) is 8.05. The molecule has 1 aliphatic heterocycles. The zero-order valence-corrected chi connectivity index (χ0v) is 19.3. The van der Waals surface area contributed by atoms with Gasteiger partial charge in [0.1, 0.15) is 16.3 Å². The van der Waals surface area contributed by atoms with Crippen LogP contribution in [0, 0.1) is 0 Å². The molecule has 180 valence electrons. The Balaban J connectivity index is 1.61. The van der Waals surface area contributed by atoms with E-state index in [1.54, 1.807) is 19.2 Å². The van der Waals surface area contributed by atoms with Crippen molar-refractivity contribution in [2.45, 2.75) is 30.4 Å². The number of carbonyl (C=O) groups excluding carboxylic acids is 1. The summed E-state index contributed by atoms with van der Waals surface area (Å²) in [6.45, 7) is -1.99. The minimum absolute atomic E-state index is 0.0103. The maximum Gasteiger partial charge on any atom is 0.387 e.